The third-order valence-electron chi connectivity index (χ3n) is 4.26. The van der Waals surface area contributed by atoms with Crippen LogP contribution < -0.4 is 10.2 Å². The third-order valence-corrected chi connectivity index (χ3v) is 5.23. The number of benzene rings is 1. The maximum Gasteiger partial charge on any atom is 0.228 e. The number of anilines is 1. The first-order valence-corrected chi connectivity index (χ1v) is 9.20. The van der Waals surface area contributed by atoms with E-state index in [4.69, 9.17) is 4.42 Å². The Morgan fingerprint density at radius 2 is 2.12 bits per heavy atom. The van der Waals surface area contributed by atoms with Crippen LogP contribution in [0.1, 0.15) is 12.2 Å². The highest BCUT2D eigenvalue weighted by atomic mass is 32.2. The molecule has 0 aliphatic carbocycles. The van der Waals surface area contributed by atoms with Crippen LogP contribution >= 0.6 is 11.8 Å². The zero-order valence-corrected chi connectivity index (χ0v) is 15.1. The number of nitrogens with zero attached hydrogens (tertiary/aromatic N) is 4. The maximum absolute atomic E-state index is 12.3. The van der Waals surface area contributed by atoms with Crippen molar-refractivity contribution in [2.45, 2.75) is 29.3 Å². The molecule has 26 heavy (non-hydrogen) atoms. The van der Waals surface area contributed by atoms with E-state index in [-0.39, 0.29) is 11.9 Å². The molecule has 8 heteroatoms. The van der Waals surface area contributed by atoms with Gasteiger partial charge in [-0.25, -0.2) is 0 Å². The molecule has 1 fully saturated rings. The molecule has 2 aromatic heterocycles. The van der Waals surface area contributed by atoms with Gasteiger partial charge < -0.3 is 19.2 Å². The van der Waals surface area contributed by atoms with Crippen LogP contribution in [0, 0.1) is 0 Å². The van der Waals surface area contributed by atoms with Crippen molar-refractivity contribution in [2.24, 2.45) is 7.05 Å². The molecule has 1 aliphatic heterocycles. The molecular weight excluding hydrogens is 350 g/mol. The van der Waals surface area contributed by atoms with Gasteiger partial charge in [-0.1, -0.05) is 18.2 Å². The van der Waals surface area contributed by atoms with Crippen molar-refractivity contribution in [3.8, 4) is 0 Å². The molecule has 4 rings (SSSR count). The van der Waals surface area contributed by atoms with Gasteiger partial charge in [0, 0.05) is 31.7 Å². The van der Waals surface area contributed by atoms with Crippen LogP contribution in [0.3, 0.4) is 0 Å². The lowest BCUT2D eigenvalue weighted by Crippen LogP contribution is -2.32. The summed E-state index contributed by atoms with van der Waals surface area (Å²) in [5, 5.41) is 12.8. The van der Waals surface area contributed by atoms with E-state index in [0.29, 0.717) is 19.5 Å². The molecule has 1 atom stereocenters. The summed E-state index contributed by atoms with van der Waals surface area (Å²) in [5.41, 5.74) is 0.946. The lowest BCUT2D eigenvalue weighted by atomic mass is 10.2. The molecule has 3 heterocycles. The van der Waals surface area contributed by atoms with Gasteiger partial charge in [-0.3, -0.25) is 4.79 Å². The first-order chi connectivity index (χ1) is 12.7. The number of hydrogen-bond donors (Lipinski definition) is 1. The summed E-state index contributed by atoms with van der Waals surface area (Å²) < 4.78 is 7.67. The van der Waals surface area contributed by atoms with Crippen molar-refractivity contribution >= 4 is 23.4 Å². The second-order valence-electron chi connectivity index (χ2n) is 6.17. The van der Waals surface area contributed by atoms with E-state index in [2.05, 4.69) is 15.5 Å². The minimum atomic E-state index is 0.114. The monoisotopic (exact) mass is 369 g/mol. The highest BCUT2D eigenvalue weighted by molar-refractivity contribution is 7.99. The SMILES string of the molecule is Cn1cnnc1Sc1ccc(CNC2CC(=O)N(c3ccccc3)C2)o1. The van der Waals surface area contributed by atoms with Crippen LogP contribution in [0.5, 0.6) is 0 Å². The van der Waals surface area contributed by atoms with E-state index in [9.17, 15) is 4.79 Å². The van der Waals surface area contributed by atoms with Gasteiger partial charge in [0.05, 0.1) is 6.54 Å². The predicted octanol–water partition coefficient (Wildman–Crippen LogP) is 2.45. The number of furan rings is 1. The smallest absolute Gasteiger partial charge is 0.228 e. The summed E-state index contributed by atoms with van der Waals surface area (Å²) in [5.74, 6) is 0.979. The van der Waals surface area contributed by atoms with Crippen LogP contribution in [-0.4, -0.2) is 33.3 Å². The minimum Gasteiger partial charge on any atom is -0.453 e. The second kappa shape index (κ2) is 7.35. The Morgan fingerprint density at radius 1 is 1.27 bits per heavy atom. The summed E-state index contributed by atoms with van der Waals surface area (Å²) >= 11 is 1.43. The fraction of sp³-hybridized carbons (Fsp3) is 0.278. The molecule has 0 radical (unpaired) electrons. The second-order valence-corrected chi connectivity index (χ2v) is 7.14. The largest absolute Gasteiger partial charge is 0.453 e. The molecular formula is C18H19N5O2S. The number of amides is 1. The highest BCUT2D eigenvalue weighted by Crippen LogP contribution is 2.27. The first-order valence-electron chi connectivity index (χ1n) is 8.38. The Kier molecular flexibility index (Phi) is 4.77. The number of aromatic nitrogens is 3. The number of para-hydroxylation sites is 1. The van der Waals surface area contributed by atoms with E-state index >= 15 is 0 Å². The topological polar surface area (TPSA) is 76.2 Å². The molecule has 0 bridgehead atoms. The molecule has 1 aromatic carbocycles. The summed E-state index contributed by atoms with van der Waals surface area (Å²) in [4.78, 5) is 14.1. The lowest BCUT2D eigenvalue weighted by molar-refractivity contribution is -0.117. The number of nitrogens with one attached hydrogen (secondary N) is 1. The Hall–Kier alpha value is -2.58. The third kappa shape index (κ3) is 3.66. The summed E-state index contributed by atoms with van der Waals surface area (Å²) in [6.45, 7) is 1.25. The molecule has 0 spiro atoms. The van der Waals surface area contributed by atoms with Crippen molar-refractivity contribution in [1.82, 2.24) is 20.1 Å². The molecule has 134 valence electrons. The fourth-order valence-corrected chi connectivity index (χ4v) is 3.65. The van der Waals surface area contributed by atoms with E-state index in [1.807, 2.05) is 59.0 Å². The van der Waals surface area contributed by atoms with Crippen LogP contribution in [0.4, 0.5) is 5.69 Å². The van der Waals surface area contributed by atoms with Gasteiger partial charge in [-0.15, -0.1) is 10.2 Å². The van der Waals surface area contributed by atoms with Crippen LogP contribution in [0.2, 0.25) is 0 Å². The standard InChI is InChI=1S/C18H19N5O2S/c1-22-12-20-21-18(22)26-17-8-7-15(25-17)10-19-13-9-16(24)23(11-13)14-5-3-2-4-6-14/h2-8,12-13,19H,9-11H2,1H3. The number of hydrogen-bond acceptors (Lipinski definition) is 6. The Balaban J connectivity index is 1.32. The van der Waals surface area contributed by atoms with Crippen molar-refractivity contribution in [1.29, 1.82) is 0 Å². The van der Waals surface area contributed by atoms with Crippen molar-refractivity contribution in [3.05, 3.63) is 54.6 Å². The molecule has 7 nitrogen and oxygen atoms in total. The number of carbonyl (C=O) groups is 1. The Morgan fingerprint density at radius 3 is 2.88 bits per heavy atom. The van der Waals surface area contributed by atoms with Crippen LogP contribution in [0.25, 0.3) is 0 Å². The predicted molar refractivity (Wildman–Crippen MR) is 97.9 cm³/mol. The normalized spacial score (nSPS) is 17.2. The van der Waals surface area contributed by atoms with E-state index in [1.54, 1.807) is 6.33 Å². The minimum absolute atomic E-state index is 0.114. The van der Waals surface area contributed by atoms with Gasteiger partial charge in [-0.2, -0.15) is 0 Å². The van der Waals surface area contributed by atoms with E-state index < -0.39 is 0 Å². The van der Waals surface area contributed by atoms with E-state index in [1.165, 1.54) is 11.8 Å². The van der Waals surface area contributed by atoms with Crippen LogP contribution in [-0.2, 0) is 18.4 Å². The van der Waals surface area contributed by atoms with Crippen LogP contribution in [0.15, 0.2) is 63.5 Å². The average molecular weight is 369 g/mol. The van der Waals surface area contributed by atoms with Crippen molar-refractivity contribution < 1.29 is 9.21 Å². The Bertz CT molecular complexity index is 892. The summed E-state index contributed by atoms with van der Waals surface area (Å²) in [6.07, 6.45) is 2.15. The van der Waals surface area contributed by atoms with Crippen molar-refractivity contribution in [2.75, 3.05) is 11.4 Å². The maximum atomic E-state index is 12.3. The van der Waals surface area contributed by atoms with Gasteiger partial charge >= 0.3 is 0 Å². The average Bonchev–Trinajstić information content (AvgIpc) is 3.36. The van der Waals surface area contributed by atoms with Gasteiger partial charge in [-0.05, 0) is 36.0 Å². The molecule has 1 amide bonds. The van der Waals surface area contributed by atoms with Gasteiger partial charge in [0.2, 0.25) is 5.91 Å². The van der Waals surface area contributed by atoms with Gasteiger partial charge in [0.25, 0.3) is 0 Å². The number of rotatable bonds is 6. The molecule has 1 N–H and O–H groups in total. The molecule has 3 aromatic rings. The summed E-state index contributed by atoms with van der Waals surface area (Å²) in [6, 6.07) is 13.7. The molecule has 1 saturated heterocycles. The quantitative estimate of drug-likeness (QED) is 0.719. The molecule has 1 aliphatic rings. The highest BCUT2D eigenvalue weighted by Gasteiger charge is 2.30. The number of aryl methyl sites for hydroxylation is 1. The lowest BCUT2D eigenvalue weighted by Gasteiger charge is -2.16. The first kappa shape index (κ1) is 16.9. The van der Waals surface area contributed by atoms with Gasteiger partial charge in [0.15, 0.2) is 10.2 Å². The fourth-order valence-electron chi connectivity index (χ4n) is 2.91. The summed E-state index contributed by atoms with van der Waals surface area (Å²) in [7, 11) is 1.89. The molecule has 1 unspecified atom stereocenters. The molecule has 0 saturated carbocycles. The number of carbonyl (C=O) groups excluding carboxylic acids is 1. The zero-order valence-electron chi connectivity index (χ0n) is 14.3. The van der Waals surface area contributed by atoms with Crippen molar-refractivity contribution in [3.63, 3.8) is 0 Å². The van der Waals surface area contributed by atoms with Gasteiger partial charge in [0.1, 0.15) is 12.1 Å². The Labute approximate surface area is 155 Å². The zero-order chi connectivity index (χ0) is 17.9. The van der Waals surface area contributed by atoms with E-state index in [0.717, 1.165) is 21.7 Å².